The van der Waals surface area contributed by atoms with Crippen molar-refractivity contribution in [3.8, 4) is 17.6 Å². The van der Waals surface area contributed by atoms with Crippen molar-refractivity contribution in [2.75, 3.05) is 13.2 Å². The van der Waals surface area contributed by atoms with Gasteiger partial charge in [0.1, 0.15) is 24.8 Å². The molecule has 8 heteroatoms. The van der Waals surface area contributed by atoms with E-state index in [-0.39, 0.29) is 17.9 Å². The number of fused-ring (bicyclic) bond motifs is 1. The Bertz CT molecular complexity index is 1020. The standard InChI is InChI=1S/C20H20ClN3O4/c1-11-14(12(2)24-20(26)15(11)9-22)3-4-18(25)23-10-13-7-16(21)19-17(8-13)27-5-6-28-19/h7-8H,3-6,10H2,1-2H3,(H,23,25)(H,24,26). The number of pyridine rings is 1. The number of ether oxygens (including phenoxy) is 2. The third-order valence-electron chi connectivity index (χ3n) is 4.67. The van der Waals surface area contributed by atoms with Crippen LogP contribution in [0.25, 0.3) is 0 Å². The van der Waals surface area contributed by atoms with Crippen LogP contribution in [-0.2, 0) is 17.8 Å². The smallest absolute Gasteiger partial charge is 0.266 e. The highest BCUT2D eigenvalue weighted by molar-refractivity contribution is 6.32. The highest BCUT2D eigenvalue weighted by atomic mass is 35.5. The minimum absolute atomic E-state index is 0.0897. The predicted molar refractivity (Wildman–Crippen MR) is 104 cm³/mol. The van der Waals surface area contributed by atoms with E-state index in [4.69, 9.17) is 26.3 Å². The van der Waals surface area contributed by atoms with E-state index in [2.05, 4.69) is 10.3 Å². The minimum Gasteiger partial charge on any atom is -0.486 e. The maximum Gasteiger partial charge on any atom is 0.266 e. The van der Waals surface area contributed by atoms with Gasteiger partial charge in [-0.15, -0.1) is 0 Å². The lowest BCUT2D eigenvalue weighted by Gasteiger charge is -2.20. The number of aryl methyl sites for hydroxylation is 1. The summed E-state index contributed by atoms with van der Waals surface area (Å²) in [7, 11) is 0. The summed E-state index contributed by atoms with van der Waals surface area (Å²) in [5.74, 6) is 0.960. The zero-order chi connectivity index (χ0) is 20.3. The summed E-state index contributed by atoms with van der Waals surface area (Å²) in [4.78, 5) is 26.7. The topological polar surface area (TPSA) is 104 Å². The lowest BCUT2D eigenvalue weighted by atomic mass is 9.99. The molecule has 1 aliphatic heterocycles. The maximum atomic E-state index is 12.3. The number of carbonyl (C=O) groups is 1. The van der Waals surface area contributed by atoms with Crippen molar-refractivity contribution in [2.24, 2.45) is 0 Å². The number of nitriles is 1. The van der Waals surface area contributed by atoms with Gasteiger partial charge in [0.25, 0.3) is 5.56 Å². The molecule has 1 aliphatic rings. The highest BCUT2D eigenvalue weighted by Crippen LogP contribution is 2.38. The summed E-state index contributed by atoms with van der Waals surface area (Å²) in [6.07, 6.45) is 0.660. The number of aromatic nitrogens is 1. The number of nitrogens with one attached hydrogen (secondary N) is 2. The Hall–Kier alpha value is -2.98. The van der Waals surface area contributed by atoms with Crippen molar-refractivity contribution in [3.63, 3.8) is 0 Å². The molecule has 0 spiro atoms. The van der Waals surface area contributed by atoms with E-state index in [1.807, 2.05) is 6.07 Å². The van der Waals surface area contributed by atoms with Crippen molar-refractivity contribution in [3.05, 3.63) is 55.5 Å². The van der Waals surface area contributed by atoms with Gasteiger partial charge >= 0.3 is 0 Å². The minimum atomic E-state index is -0.402. The molecule has 0 radical (unpaired) electrons. The van der Waals surface area contributed by atoms with Crippen molar-refractivity contribution < 1.29 is 14.3 Å². The normalized spacial score (nSPS) is 12.4. The number of rotatable bonds is 5. The molecule has 2 aromatic rings. The number of aromatic amines is 1. The Morgan fingerprint density at radius 2 is 2.07 bits per heavy atom. The van der Waals surface area contributed by atoms with Crippen LogP contribution >= 0.6 is 11.6 Å². The van der Waals surface area contributed by atoms with E-state index in [9.17, 15) is 9.59 Å². The fourth-order valence-electron chi connectivity index (χ4n) is 3.21. The molecule has 0 saturated heterocycles. The van der Waals surface area contributed by atoms with Gasteiger partial charge in [0.15, 0.2) is 11.5 Å². The van der Waals surface area contributed by atoms with Crippen LogP contribution in [-0.4, -0.2) is 24.1 Å². The Kier molecular flexibility index (Phi) is 5.90. The van der Waals surface area contributed by atoms with Crippen molar-refractivity contribution in [1.29, 1.82) is 5.26 Å². The van der Waals surface area contributed by atoms with Crippen LogP contribution in [0.4, 0.5) is 0 Å². The first kappa shape index (κ1) is 19.8. The van der Waals surface area contributed by atoms with Crippen molar-refractivity contribution in [2.45, 2.75) is 33.2 Å². The van der Waals surface area contributed by atoms with Gasteiger partial charge in [-0.3, -0.25) is 9.59 Å². The molecule has 0 atom stereocenters. The largest absolute Gasteiger partial charge is 0.486 e. The van der Waals surface area contributed by atoms with Gasteiger partial charge in [0.05, 0.1) is 5.02 Å². The van der Waals surface area contributed by atoms with Gasteiger partial charge in [-0.2, -0.15) is 5.26 Å². The van der Waals surface area contributed by atoms with Gasteiger partial charge in [-0.05, 0) is 49.1 Å². The number of nitrogens with zero attached hydrogens (tertiary/aromatic N) is 1. The molecule has 0 aliphatic carbocycles. The second-order valence-corrected chi connectivity index (χ2v) is 6.96. The first-order valence-corrected chi connectivity index (χ1v) is 9.25. The van der Waals surface area contributed by atoms with E-state index in [0.29, 0.717) is 54.0 Å². The van der Waals surface area contributed by atoms with Crippen LogP contribution < -0.4 is 20.3 Å². The molecule has 146 valence electrons. The lowest BCUT2D eigenvalue weighted by molar-refractivity contribution is -0.121. The zero-order valence-corrected chi connectivity index (χ0v) is 16.4. The van der Waals surface area contributed by atoms with Gasteiger partial charge in [0, 0.05) is 18.7 Å². The van der Waals surface area contributed by atoms with E-state index in [1.54, 1.807) is 26.0 Å². The molecular formula is C20H20ClN3O4. The maximum absolute atomic E-state index is 12.3. The van der Waals surface area contributed by atoms with E-state index in [0.717, 1.165) is 11.1 Å². The summed E-state index contributed by atoms with van der Waals surface area (Å²) in [5, 5.41) is 12.4. The van der Waals surface area contributed by atoms with E-state index < -0.39 is 5.56 Å². The number of halogens is 1. The van der Waals surface area contributed by atoms with Gasteiger partial charge in [0.2, 0.25) is 5.91 Å². The molecule has 7 nitrogen and oxygen atoms in total. The fraction of sp³-hybridized carbons (Fsp3) is 0.350. The molecule has 1 amide bonds. The molecular weight excluding hydrogens is 382 g/mol. The Morgan fingerprint density at radius 1 is 1.32 bits per heavy atom. The molecule has 0 saturated carbocycles. The van der Waals surface area contributed by atoms with Gasteiger partial charge in [-0.1, -0.05) is 11.6 Å². The number of benzene rings is 1. The fourth-order valence-corrected chi connectivity index (χ4v) is 3.50. The monoisotopic (exact) mass is 401 g/mol. The van der Waals surface area contributed by atoms with Crippen LogP contribution in [0.2, 0.25) is 5.02 Å². The Balaban J connectivity index is 1.63. The zero-order valence-electron chi connectivity index (χ0n) is 15.6. The SMILES string of the molecule is Cc1[nH]c(=O)c(C#N)c(C)c1CCC(=O)NCc1cc(Cl)c2c(c1)OCCO2. The average molecular weight is 402 g/mol. The highest BCUT2D eigenvalue weighted by Gasteiger charge is 2.17. The summed E-state index contributed by atoms with van der Waals surface area (Å²) in [6.45, 7) is 4.72. The molecule has 1 aromatic heterocycles. The molecule has 2 heterocycles. The van der Waals surface area contributed by atoms with Gasteiger partial charge in [-0.25, -0.2) is 0 Å². The first-order valence-electron chi connectivity index (χ1n) is 8.88. The van der Waals surface area contributed by atoms with Gasteiger partial charge < -0.3 is 19.8 Å². The lowest BCUT2D eigenvalue weighted by Crippen LogP contribution is -2.24. The van der Waals surface area contributed by atoms with Crippen molar-refractivity contribution >= 4 is 17.5 Å². The van der Waals surface area contributed by atoms with Crippen molar-refractivity contribution in [1.82, 2.24) is 10.3 Å². The number of hydrogen-bond acceptors (Lipinski definition) is 5. The second kappa shape index (κ2) is 8.36. The predicted octanol–water partition coefficient (Wildman–Crippen LogP) is 2.54. The summed E-state index contributed by atoms with van der Waals surface area (Å²) in [5.41, 5.74) is 2.61. The Labute approximate surface area is 167 Å². The molecule has 0 bridgehead atoms. The molecule has 0 unspecified atom stereocenters. The van der Waals surface area contributed by atoms with Crippen LogP contribution in [0.5, 0.6) is 11.5 Å². The first-order chi connectivity index (χ1) is 13.4. The third kappa shape index (κ3) is 4.12. The van der Waals surface area contributed by atoms with E-state index >= 15 is 0 Å². The molecule has 3 rings (SSSR count). The van der Waals surface area contributed by atoms with Crippen LogP contribution in [0, 0.1) is 25.2 Å². The summed E-state index contributed by atoms with van der Waals surface area (Å²) in [6, 6.07) is 5.46. The number of H-pyrrole nitrogens is 1. The molecule has 1 aromatic carbocycles. The van der Waals surface area contributed by atoms with Crippen LogP contribution in [0.1, 0.15) is 34.4 Å². The number of carbonyl (C=O) groups excluding carboxylic acids is 1. The quantitative estimate of drug-likeness (QED) is 0.801. The number of amides is 1. The second-order valence-electron chi connectivity index (χ2n) is 6.55. The van der Waals surface area contributed by atoms with Crippen LogP contribution in [0.15, 0.2) is 16.9 Å². The summed E-state index contributed by atoms with van der Waals surface area (Å²) < 4.78 is 11.0. The average Bonchev–Trinajstić information content (AvgIpc) is 2.66. The third-order valence-corrected chi connectivity index (χ3v) is 4.95. The van der Waals surface area contributed by atoms with E-state index in [1.165, 1.54) is 0 Å². The molecule has 0 fully saturated rings. The Morgan fingerprint density at radius 3 is 2.82 bits per heavy atom. The van der Waals surface area contributed by atoms with Crippen LogP contribution in [0.3, 0.4) is 0 Å². The molecule has 2 N–H and O–H groups in total. The number of hydrogen-bond donors (Lipinski definition) is 2. The molecule has 28 heavy (non-hydrogen) atoms. The summed E-state index contributed by atoms with van der Waals surface area (Å²) >= 11 is 6.21.